The summed E-state index contributed by atoms with van der Waals surface area (Å²) < 4.78 is 35.5. The molecule has 4 aromatic rings. The van der Waals surface area contributed by atoms with Crippen LogP contribution in [0.25, 0.3) is 10.8 Å². The number of ether oxygens (including phenoxy) is 1. The van der Waals surface area contributed by atoms with Crippen LogP contribution in [0.5, 0.6) is 0 Å². The SMILES string of the molecule is CC(C)[C@H](NS(=O)(=O)c1cccc2ccccc12)C1=CC(Cc2ccccc2)(C(=O)N[C@@H](CC(=O)O)C(=O)COC(=O)c2c(Cl)cccc2Cl)ON1. The maximum absolute atomic E-state index is 14.2. The van der Waals surface area contributed by atoms with Gasteiger partial charge in [-0.25, -0.2) is 17.9 Å². The van der Waals surface area contributed by atoms with Crippen molar-refractivity contribution in [2.75, 3.05) is 6.61 Å². The number of benzene rings is 4. The number of hydrogen-bond donors (Lipinski definition) is 4. The molecule has 1 amide bonds. The number of esters is 1. The van der Waals surface area contributed by atoms with Crippen LogP contribution in [-0.2, 0) is 40.4 Å². The maximum Gasteiger partial charge on any atom is 0.341 e. The van der Waals surface area contributed by atoms with Gasteiger partial charge in [-0.1, -0.05) is 110 Å². The lowest BCUT2D eigenvalue weighted by Crippen LogP contribution is -2.54. The summed E-state index contributed by atoms with van der Waals surface area (Å²) in [5.74, 6) is -4.63. The molecule has 0 bridgehead atoms. The second-order valence-electron chi connectivity index (χ2n) is 12.4. The van der Waals surface area contributed by atoms with Gasteiger partial charge in [0.05, 0.1) is 38.7 Å². The molecule has 5 rings (SSSR count). The van der Waals surface area contributed by atoms with Gasteiger partial charge in [0, 0.05) is 11.8 Å². The van der Waals surface area contributed by atoms with Gasteiger partial charge in [0.1, 0.15) is 6.04 Å². The number of hydrogen-bond acceptors (Lipinski definition) is 9. The summed E-state index contributed by atoms with van der Waals surface area (Å²) in [5, 5.41) is 13.3. The molecule has 4 N–H and O–H groups in total. The Bertz CT molecular complexity index is 2120. The van der Waals surface area contributed by atoms with E-state index in [9.17, 15) is 32.7 Å². The van der Waals surface area contributed by atoms with E-state index in [0.29, 0.717) is 10.9 Å². The van der Waals surface area contributed by atoms with Crippen LogP contribution in [-0.4, -0.2) is 61.4 Å². The van der Waals surface area contributed by atoms with Crippen LogP contribution in [0.3, 0.4) is 0 Å². The van der Waals surface area contributed by atoms with E-state index in [0.717, 1.165) is 5.39 Å². The van der Waals surface area contributed by atoms with Crippen LogP contribution in [0.4, 0.5) is 0 Å². The molecule has 52 heavy (non-hydrogen) atoms. The number of carboxylic acid groups (broad SMARTS) is 1. The molecule has 15 heteroatoms. The van der Waals surface area contributed by atoms with Crippen LogP contribution in [0.15, 0.2) is 108 Å². The van der Waals surface area contributed by atoms with Crippen LogP contribution < -0.4 is 15.5 Å². The molecule has 0 saturated heterocycles. The first-order chi connectivity index (χ1) is 24.7. The lowest BCUT2D eigenvalue weighted by molar-refractivity contribution is -0.148. The van der Waals surface area contributed by atoms with Gasteiger partial charge in [-0.15, -0.1) is 0 Å². The van der Waals surface area contributed by atoms with Crippen molar-refractivity contribution in [2.24, 2.45) is 5.92 Å². The van der Waals surface area contributed by atoms with Crippen LogP contribution >= 0.6 is 23.2 Å². The molecule has 12 nitrogen and oxygen atoms in total. The van der Waals surface area contributed by atoms with Gasteiger partial charge in [-0.2, -0.15) is 0 Å². The number of carbonyl (C=O) groups is 4. The van der Waals surface area contributed by atoms with E-state index in [1.54, 1.807) is 74.5 Å². The van der Waals surface area contributed by atoms with Crippen molar-refractivity contribution < 1.29 is 42.3 Å². The van der Waals surface area contributed by atoms with Crippen molar-refractivity contribution in [3.05, 3.63) is 124 Å². The average molecular weight is 769 g/mol. The summed E-state index contributed by atoms with van der Waals surface area (Å²) in [4.78, 5) is 58.0. The van der Waals surface area contributed by atoms with E-state index >= 15 is 0 Å². The first-order valence-electron chi connectivity index (χ1n) is 16.1. The van der Waals surface area contributed by atoms with Gasteiger partial charge < -0.3 is 15.2 Å². The van der Waals surface area contributed by atoms with Crippen molar-refractivity contribution in [2.45, 2.75) is 49.3 Å². The highest BCUT2D eigenvalue weighted by molar-refractivity contribution is 7.89. The van der Waals surface area contributed by atoms with E-state index in [-0.39, 0.29) is 38.5 Å². The van der Waals surface area contributed by atoms with Crippen molar-refractivity contribution in [3.63, 3.8) is 0 Å². The van der Waals surface area contributed by atoms with Gasteiger partial charge >= 0.3 is 11.9 Å². The molecule has 1 aliphatic heterocycles. The molecule has 1 heterocycles. The molecule has 0 fully saturated rings. The minimum atomic E-state index is -4.12. The third-order valence-electron chi connectivity index (χ3n) is 8.34. The molecule has 3 atom stereocenters. The number of Topliss-reactive ketones (excluding diaryl/α,β-unsaturated/α-hetero) is 1. The number of fused-ring (bicyclic) bond motifs is 1. The number of ketones is 1. The Morgan fingerprint density at radius 3 is 2.21 bits per heavy atom. The van der Waals surface area contributed by atoms with Crippen LogP contribution in [0, 0.1) is 5.92 Å². The van der Waals surface area contributed by atoms with E-state index < -0.39 is 64.4 Å². The quantitative estimate of drug-likeness (QED) is 0.117. The Morgan fingerprint density at radius 1 is 0.904 bits per heavy atom. The molecule has 4 aromatic carbocycles. The zero-order valence-corrected chi connectivity index (χ0v) is 30.3. The Kier molecular flexibility index (Phi) is 12.0. The fourth-order valence-corrected chi connectivity index (χ4v) is 7.86. The number of carbonyl (C=O) groups excluding carboxylic acids is 3. The second-order valence-corrected chi connectivity index (χ2v) is 14.9. The van der Waals surface area contributed by atoms with E-state index in [1.807, 2.05) is 6.07 Å². The molecule has 0 aromatic heterocycles. The number of sulfonamides is 1. The molecule has 1 aliphatic rings. The summed E-state index contributed by atoms with van der Waals surface area (Å²) in [6.45, 7) is 2.67. The fourth-order valence-electron chi connectivity index (χ4n) is 5.71. The Labute approximate surface area is 310 Å². The predicted molar refractivity (Wildman–Crippen MR) is 194 cm³/mol. The van der Waals surface area contributed by atoms with E-state index in [4.69, 9.17) is 32.8 Å². The number of nitrogens with one attached hydrogen (secondary N) is 3. The normalized spacial score (nSPS) is 16.8. The van der Waals surface area contributed by atoms with Gasteiger partial charge in [0.15, 0.2) is 18.0 Å². The highest BCUT2D eigenvalue weighted by Gasteiger charge is 2.46. The Hall–Kier alpha value is -4.79. The zero-order valence-electron chi connectivity index (χ0n) is 28.0. The summed E-state index contributed by atoms with van der Waals surface area (Å²) in [6, 6.07) is 22.5. The molecule has 0 saturated carbocycles. The van der Waals surface area contributed by atoms with Gasteiger partial charge in [0.25, 0.3) is 5.91 Å². The monoisotopic (exact) mass is 767 g/mol. The highest BCUT2D eigenvalue weighted by Crippen LogP contribution is 2.31. The fraction of sp³-hybridized carbons (Fsp3) is 0.243. The molecular weight excluding hydrogens is 733 g/mol. The lowest BCUT2D eigenvalue weighted by Gasteiger charge is -2.27. The second kappa shape index (κ2) is 16.3. The van der Waals surface area contributed by atoms with Crippen LogP contribution in [0.2, 0.25) is 10.0 Å². The number of rotatable bonds is 15. The van der Waals surface area contributed by atoms with Crippen molar-refractivity contribution >= 4 is 67.6 Å². The largest absolute Gasteiger partial charge is 0.481 e. The molecule has 0 radical (unpaired) electrons. The van der Waals surface area contributed by atoms with E-state index in [1.165, 1.54) is 30.3 Å². The number of hydroxylamine groups is 1. The first-order valence-corrected chi connectivity index (χ1v) is 18.3. The van der Waals surface area contributed by atoms with Crippen LogP contribution in [0.1, 0.15) is 36.2 Å². The number of aliphatic carboxylic acids is 1. The molecule has 1 unspecified atom stereocenters. The first kappa shape index (κ1) is 38.4. The number of halogens is 2. The standard InChI is InChI=1S/C37H35Cl2N3O9S/c1-22(2)34(42-52(48,49)31-17-8-13-24-12-6-7-14-25(24)31)29-20-37(51-41-29,19-23-10-4-3-5-11-23)36(47)40-28(18-32(44)45)30(43)21-50-35(46)33-26(38)15-9-16-27(33)39/h3-17,20,22,28,34,41-42H,18-19,21H2,1-2H3,(H,40,47)(H,44,45)/t28-,34-,37?/m0/s1. The minimum absolute atomic E-state index is 0.0178. The minimum Gasteiger partial charge on any atom is -0.481 e. The van der Waals surface area contributed by atoms with Gasteiger partial charge in [-0.3, -0.25) is 24.7 Å². The summed E-state index contributed by atoms with van der Waals surface area (Å²) >= 11 is 12.1. The molecular formula is C37H35Cl2N3O9S. The molecule has 0 aliphatic carbocycles. The Morgan fingerprint density at radius 2 is 1.54 bits per heavy atom. The summed E-state index contributed by atoms with van der Waals surface area (Å²) in [7, 11) is -4.12. The third-order valence-corrected chi connectivity index (χ3v) is 10.5. The maximum atomic E-state index is 14.2. The van der Waals surface area contributed by atoms with Gasteiger partial charge in [0.2, 0.25) is 10.0 Å². The number of amides is 1. The third kappa shape index (κ3) is 8.80. The molecule has 0 spiro atoms. The molecule has 272 valence electrons. The zero-order chi connectivity index (χ0) is 37.6. The Balaban J connectivity index is 1.43. The summed E-state index contributed by atoms with van der Waals surface area (Å²) in [6.07, 6.45) is 0.484. The number of carboxylic acids is 1. The topological polar surface area (TPSA) is 177 Å². The van der Waals surface area contributed by atoms with E-state index in [2.05, 4.69) is 15.5 Å². The smallest absolute Gasteiger partial charge is 0.341 e. The predicted octanol–water partition coefficient (Wildman–Crippen LogP) is 5.24. The highest BCUT2D eigenvalue weighted by atomic mass is 35.5. The average Bonchev–Trinajstić information content (AvgIpc) is 3.53. The summed E-state index contributed by atoms with van der Waals surface area (Å²) in [5.41, 5.74) is 1.53. The van der Waals surface area contributed by atoms with Crippen molar-refractivity contribution in [1.29, 1.82) is 0 Å². The van der Waals surface area contributed by atoms with Crippen molar-refractivity contribution in [1.82, 2.24) is 15.5 Å². The van der Waals surface area contributed by atoms with Crippen molar-refractivity contribution in [3.8, 4) is 0 Å². The lowest BCUT2D eigenvalue weighted by atomic mass is 9.90. The van der Waals surface area contributed by atoms with Gasteiger partial charge in [-0.05, 0) is 41.1 Å².